The van der Waals surface area contributed by atoms with Crippen LogP contribution in [0.5, 0.6) is 0 Å². The second-order valence-corrected chi connectivity index (χ2v) is 3.63. The molecule has 5 nitrogen and oxygen atoms in total. The molecule has 0 saturated heterocycles. The molecule has 0 aromatic heterocycles. The third-order valence-corrected chi connectivity index (χ3v) is 2.30. The Morgan fingerprint density at radius 2 is 1.71 bits per heavy atom. The Labute approximate surface area is 99.6 Å². The number of aliphatic hydroxyl groups excluding tert-OH is 1. The average molecular weight is 236 g/mol. The fourth-order valence-corrected chi connectivity index (χ4v) is 1.33. The van der Waals surface area contributed by atoms with Crippen LogP contribution in [-0.4, -0.2) is 30.1 Å². The van der Waals surface area contributed by atoms with Gasteiger partial charge >= 0.3 is 0 Å². The molecule has 5 heteroatoms. The van der Waals surface area contributed by atoms with Gasteiger partial charge in [0.1, 0.15) is 0 Å². The Balaban J connectivity index is 2.49. The maximum Gasteiger partial charge on any atom is 0.251 e. The number of rotatable bonds is 6. The molecule has 2 amide bonds. The number of carbonyl (C=O) groups is 2. The molecule has 4 N–H and O–H groups in total. The minimum atomic E-state index is -0.514. The quantitative estimate of drug-likeness (QED) is 0.620. The number of primary amides is 1. The predicted molar refractivity (Wildman–Crippen MR) is 63.6 cm³/mol. The van der Waals surface area contributed by atoms with Gasteiger partial charge in [-0.2, -0.15) is 0 Å². The minimum Gasteiger partial charge on any atom is -0.396 e. The summed E-state index contributed by atoms with van der Waals surface area (Å²) in [6.45, 7) is 0.653. The van der Waals surface area contributed by atoms with Crippen LogP contribution in [0.3, 0.4) is 0 Å². The predicted octanol–water partition coefficient (Wildman–Crippen LogP) is 0.288. The lowest BCUT2D eigenvalue weighted by molar-refractivity contribution is 0.0949. The van der Waals surface area contributed by atoms with Gasteiger partial charge in [0.25, 0.3) is 5.91 Å². The van der Waals surface area contributed by atoms with Gasteiger partial charge in [-0.3, -0.25) is 9.59 Å². The molecule has 0 fully saturated rings. The molecule has 1 aromatic rings. The molecule has 0 saturated carbocycles. The monoisotopic (exact) mass is 236 g/mol. The number of unbranched alkanes of at least 4 members (excludes halogenated alkanes) is 1. The van der Waals surface area contributed by atoms with Gasteiger partial charge < -0.3 is 16.2 Å². The van der Waals surface area contributed by atoms with E-state index < -0.39 is 5.91 Å². The van der Waals surface area contributed by atoms with Gasteiger partial charge in [0.2, 0.25) is 5.91 Å². The third-order valence-electron chi connectivity index (χ3n) is 2.30. The first kappa shape index (κ1) is 13.2. The summed E-state index contributed by atoms with van der Waals surface area (Å²) in [7, 11) is 0. The van der Waals surface area contributed by atoms with Crippen LogP contribution in [0.25, 0.3) is 0 Å². The summed E-state index contributed by atoms with van der Waals surface area (Å²) in [6.07, 6.45) is 1.41. The van der Waals surface area contributed by atoms with Gasteiger partial charge in [0, 0.05) is 24.3 Å². The highest BCUT2D eigenvalue weighted by atomic mass is 16.3. The first-order valence-electron chi connectivity index (χ1n) is 5.44. The van der Waals surface area contributed by atoms with E-state index in [0.29, 0.717) is 24.1 Å². The fraction of sp³-hybridized carbons (Fsp3) is 0.333. The maximum atomic E-state index is 11.6. The second kappa shape index (κ2) is 6.65. The van der Waals surface area contributed by atoms with Gasteiger partial charge in [0.15, 0.2) is 0 Å². The molecule has 0 unspecified atom stereocenters. The molecule has 0 radical (unpaired) electrons. The van der Waals surface area contributed by atoms with Crippen molar-refractivity contribution in [1.29, 1.82) is 0 Å². The zero-order valence-corrected chi connectivity index (χ0v) is 9.48. The summed E-state index contributed by atoms with van der Waals surface area (Å²) in [5, 5.41) is 11.3. The van der Waals surface area contributed by atoms with Crippen molar-refractivity contribution in [2.75, 3.05) is 13.2 Å². The van der Waals surface area contributed by atoms with Crippen molar-refractivity contribution in [3.63, 3.8) is 0 Å². The lowest BCUT2D eigenvalue weighted by atomic mass is 10.1. The number of aliphatic hydroxyl groups is 1. The molecule has 0 heterocycles. The molecule has 0 aliphatic heterocycles. The van der Waals surface area contributed by atoms with Crippen LogP contribution in [0.15, 0.2) is 24.3 Å². The SMILES string of the molecule is NC(=O)c1ccc(C(=O)NCCCCO)cc1. The molecule has 0 spiro atoms. The van der Waals surface area contributed by atoms with Gasteiger partial charge in [-0.1, -0.05) is 0 Å². The number of benzene rings is 1. The standard InChI is InChI=1S/C12H16N2O3/c13-11(16)9-3-5-10(6-4-9)12(17)14-7-1-2-8-15/h3-6,15H,1-2,7-8H2,(H2,13,16)(H,14,17). The highest BCUT2D eigenvalue weighted by Crippen LogP contribution is 2.03. The van der Waals surface area contributed by atoms with Crippen molar-refractivity contribution in [3.8, 4) is 0 Å². The molecule has 0 aliphatic rings. The Morgan fingerprint density at radius 3 is 2.24 bits per heavy atom. The van der Waals surface area contributed by atoms with E-state index in [1.54, 1.807) is 12.1 Å². The van der Waals surface area contributed by atoms with E-state index in [1.807, 2.05) is 0 Å². The highest BCUT2D eigenvalue weighted by molar-refractivity contribution is 5.97. The topological polar surface area (TPSA) is 92.4 Å². The number of nitrogens with one attached hydrogen (secondary N) is 1. The van der Waals surface area contributed by atoms with E-state index in [0.717, 1.165) is 6.42 Å². The Kier molecular flexibility index (Phi) is 5.16. The first-order valence-corrected chi connectivity index (χ1v) is 5.44. The van der Waals surface area contributed by atoms with E-state index in [2.05, 4.69) is 5.32 Å². The largest absolute Gasteiger partial charge is 0.396 e. The molecule has 1 rings (SSSR count). The van der Waals surface area contributed by atoms with Crippen LogP contribution >= 0.6 is 0 Å². The van der Waals surface area contributed by atoms with Gasteiger partial charge in [0.05, 0.1) is 0 Å². The van der Waals surface area contributed by atoms with E-state index in [4.69, 9.17) is 10.8 Å². The highest BCUT2D eigenvalue weighted by Gasteiger charge is 2.05. The third kappa shape index (κ3) is 4.24. The molecule has 0 atom stereocenters. The summed E-state index contributed by atoms with van der Waals surface area (Å²) in [4.78, 5) is 22.4. The van der Waals surface area contributed by atoms with E-state index in [1.165, 1.54) is 12.1 Å². The van der Waals surface area contributed by atoms with Gasteiger partial charge in [-0.25, -0.2) is 0 Å². The Morgan fingerprint density at radius 1 is 1.12 bits per heavy atom. The number of carbonyl (C=O) groups excluding carboxylic acids is 2. The smallest absolute Gasteiger partial charge is 0.251 e. The lowest BCUT2D eigenvalue weighted by Crippen LogP contribution is -2.24. The summed E-state index contributed by atoms with van der Waals surface area (Å²) >= 11 is 0. The van der Waals surface area contributed by atoms with Crippen LogP contribution in [-0.2, 0) is 0 Å². The molecule has 0 aliphatic carbocycles. The summed E-state index contributed by atoms with van der Waals surface area (Å²) in [5.41, 5.74) is 5.95. The van der Waals surface area contributed by atoms with Crippen LogP contribution in [0, 0.1) is 0 Å². The van der Waals surface area contributed by atoms with Crippen molar-refractivity contribution in [2.45, 2.75) is 12.8 Å². The average Bonchev–Trinajstić information content (AvgIpc) is 2.34. The van der Waals surface area contributed by atoms with Crippen molar-refractivity contribution in [2.24, 2.45) is 5.73 Å². The van der Waals surface area contributed by atoms with Crippen molar-refractivity contribution >= 4 is 11.8 Å². The molecular formula is C12H16N2O3. The number of nitrogens with two attached hydrogens (primary N) is 1. The van der Waals surface area contributed by atoms with Crippen molar-refractivity contribution in [1.82, 2.24) is 5.32 Å². The molecule has 92 valence electrons. The second-order valence-electron chi connectivity index (χ2n) is 3.63. The number of hydrogen-bond donors (Lipinski definition) is 3. The van der Waals surface area contributed by atoms with Gasteiger partial charge in [-0.05, 0) is 37.1 Å². The molecule has 1 aromatic carbocycles. The normalized spacial score (nSPS) is 9.94. The van der Waals surface area contributed by atoms with E-state index in [9.17, 15) is 9.59 Å². The molecule has 17 heavy (non-hydrogen) atoms. The Bertz CT molecular complexity index is 387. The van der Waals surface area contributed by atoms with Crippen molar-refractivity contribution < 1.29 is 14.7 Å². The van der Waals surface area contributed by atoms with Crippen LogP contribution in [0.4, 0.5) is 0 Å². The van der Waals surface area contributed by atoms with Crippen LogP contribution in [0.2, 0.25) is 0 Å². The van der Waals surface area contributed by atoms with E-state index in [-0.39, 0.29) is 12.5 Å². The zero-order chi connectivity index (χ0) is 12.7. The lowest BCUT2D eigenvalue weighted by Gasteiger charge is -2.04. The fourth-order valence-electron chi connectivity index (χ4n) is 1.33. The zero-order valence-electron chi connectivity index (χ0n) is 9.48. The Hall–Kier alpha value is -1.88. The van der Waals surface area contributed by atoms with Crippen LogP contribution < -0.4 is 11.1 Å². The summed E-state index contributed by atoms with van der Waals surface area (Å²) < 4.78 is 0. The van der Waals surface area contributed by atoms with Crippen molar-refractivity contribution in [3.05, 3.63) is 35.4 Å². The molecule has 0 bridgehead atoms. The maximum absolute atomic E-state index is 11.6. The molecular weight excluding hydrogens is 220 g/mol. The summed E-state index contributed by atoms with van der Waals surface area (Å²) in [5.74, 6) is -0.709. The number of hydrogen-bond acceptors (Lipinski definition) is 3. The van der Waals surface area contributed by atoms with Crippen LogP contribution in [0.1, 0.15) is 33.6 Å². The van der Waals surface area contributed by atoms with E-state index >= 15 is 0 Å². The first-order chi connectivity index (χ1) is 8.15. The minimum absolute atomic E-state index is 0.128. The number of amides is 2. The van der Waals surface area contributed by atoms with Gasteiger partial charge in [-0.15, -0.1) is 0 Å². The summed E-state index contributed by atoms with van der Waals surface area (Å²) in [6, 6.07) is 6.15.